The number of hydrogen-bond donors (Lipinski definition) is 1. The number of carbonyl (C=O) groups is 2. The molecule has 150 valence electrons. The van der Waals surface area contributed by atoms with E-state index in [1.807, 2.05) is 51.1 Å². The number of halogens is 2. The number of amides is 2. The highest BCUT2D eigenvalue weighted by Gasteiger charge is 2.26. The minimum Gasteiger partial charge on any atom is -0.352 e. The Bertz CT molecular complexity index is 852. The van der Waals surface area contributed by atoms with E-state index in [9.17, 15) is 9.59 Å². The molecule has 0 fully saturated rings. The monoisotopic (exact) mass is 420 g/mol. The van der Waals surface area contributed by atoms with E-state index in [0.29, 0.717) is 10.0 Å². The lowest BCUT2D eigenvalue weighted by Crippen LogP contribution is -2.49. The van der Waals surface area contributed by atoms with Crippen molar-refractivity contribution < 1.29 is 9.59 Å². The highest BCUT2D eigenvalue weighted by atomic mass is 35.5. The highest BCUT2D eigenvalue weighted by molar-refractivity contribution is 6.42. The van der Waals surface area contributed by atoms with Crippen LogP contribution in [0, 0.1) is 6.92 Å². The van der Waals surface area contributed by atoms with Crippen molar-refractivity contribution in [3.05, 3.63) is 69.2 Å². The molecule has 1 atom stereocenters. The van der Waals surface area contributed by atoms with Crippen molar-refractivity contribution in [2.45, 2.75) is 52.7 Å². The van der Waals surface area contributed by atoms with Crippen molar-refractivity contribution in [2.24, 2.45) is 0 Å². The average Bonchev–Trinajstić information content (AvgIpc) is 2.61. The number of hydrogen-bond acceptors (Lipinski definition) is 2. The van der Waals surface area contributed by atoms with Gasteiger partial charge in [-0.1, -0.05) is 59.1 Å². The Morgan fingerprint density at radius 2 is 1.71 bits per heavy atom. The Kier molecular flexibility index (Phi) is 7.90. The van der Waals surface area contributed by atoms with Crippen LogP contribution in [0.15, 0.2) is 42.5 Å². The van der Waals surface area contributed by atoms with Crippen molar-refractivity contribution in [2.75, 3.05) is 0 Å². The quantitative estimate of drug-likeness (QED) is 0.699. The van der Waals surface area contributed by atoms with Crippen LogP contribution in [0.25, 0.3) is 0 Å². The molecule has 0 spiro atoms. The van der Waals surface area contributed by atoms with Crippen LogP contribution in [0.3, 0.4) is 0 Å². The van der Waals surface area contributed by atoms with Crippen molar-refractivity contribution >= 4 is 35.0 Å². The second-order valence-electron chi connectivity index (χ2n) is 7.28. The Morgan fingerprint density at radius 3 is 2.32 bits per heavy atom. The molecule has 2 aromatic rings. The molecule has 4 nitrogen and oxygen atoms in total. The van der Waals surface area contributed by atoms with E-state index in [4.69, 9.17) is 23.2 Å². The maximum absolute atomic E-state index is 13.1. The third-order valence-corrected chi connectivity index (χ3v) is 5.11. The number of benzene rings is 2. The normalized spacial score (nSPS) is 12.0. The SMILES string of the molecule is Cc1cccc(CC(=O)N(Cc2ccc(Cl)c(Cl)c2)C(C)C(=O)NC(C)C)c1. The molecule has 0 bridgehead atoms. The van der Waals surface area contributed by atoms with Gasteiger partial charge in [0.25, 0.3) is 0 Å². The molecule has 0 radical (unpaired) electrons. The Balaban J connectivity index is 2.27. The smallest absolute Gasteiger partial charge is 0.242 e. The van der Waals surface area contributed by atoms with Crippen LogP contribution in [0.2, 0.25) is 10.0 Å². The van der Waals surface area contributed by atoms with Crippen LogP contribution < -0.4 is 5.32 Å². The standard InChI is InChI=1S/C22H26Cl2N2O2/c1-14(2)25-22(28)16(4)26(13-18-8-9-19(23)20(24)11-18)21(27)12-17-7-5-6-15(3)10-17/h5-11,14,16H,12-13H2,1-4H3,(H,25,28). The van der Waals surface area contributed by atoms with Crippen LogP contribution >= 0.6 is 23.2 Å². The molecule has 0 heterocycles. The van der Waals surface area contributed by atoms with Crippen LogP contribution in [0.4, 0.5) is 0 Å². The predicted molar refractivity (Wildman–Crippen MR) is 115 cm³/mol. The first-order chi connectivity index (χ1) is 13.2. The van der Waals surface area contributed by atoms with E-state index >= 15 is 0 Å². The van der Waals surface area contributed by atoms with E-state index < -0.39 is 6.04 Å². The van der Waals surface area contributed by atoms with Gasteiger partial charge in [0.05, 0.1) is 16.5 Å². The molecule has 0 saturated heterocycles. The topological polar surface area (TPSA) is 49.4 Å². The Hall–Kier alpha value is -2.04. The fourth-order valence-corrected chi connectivity index (χ4v) is 3.24. The summed E-state index contributed by atoms with van der Waals surface area (Å²) in [4.78, 5) is 27.2. The minimum absolute atomic E-state index is 0.00588. The largest absolute Gasteiger partial charge is 0.352 e. The summed E-state index contributed by atoms with van der Waals surface area (Å²) in [6, 6.07) is 12.4. The molecule has 0 saturated carbocycles. The molecule has 0 aliphatic carbocycles. The van der Waals surface area contributed by atoms with Gasteiger partial charge in [0.1, 0.15) is 6.04 Å². The lowest BCUT2D eigenvalue weighted by atomic mass is 10.1. The first-order valence-corrected chi connectivity index (χ1v) is 10.0. The molecule has 1 N–H and O–H groups in total. The summed E-state index contributed by atoms with van der Waals surface area (Å²) >= 11 is 12.1. The molecule has 0 aliphatic rings. The first kappa shape index (κ1) is 22.3. The number of nitrogens with one attached hydrogen (secondary N) is 1. The molecule has 0 aromatic heterocycles. The molecule has 2 rings (SSSR count). The summed E-state index contributed by atoms with van der Waals surface area (Å²) in [7, 11) is 0. The molecule has 0 aliphatic heterocycles. The fourth-order valence-electron chi connectivity index (χ4n) is 2.92. The third kappa shape index (κ3) is 6.25. The molecular formula is C22H26Cl2N2O2. The van der Waals surface area contributed by atoms with Crippen molar-refractivity contribution in [1.29, 1.82) is 0 Å². The summed E-state index contributed by atoms with van der Waals surface area (Å²) in [5.41, 5.74) is 2.82. The molecule has 2 aromatic carbocycles. The van der Waals surface area contributed by atoms with Crippen LogP contribution in [0.5, 0.6) is 0 Å². The van der Waals surface area contributed by atoms with Crippen LogP contribution in [0.1, 0.15) is 37.5 Å². The Morgan fingerprint density at radius 1 is 1.00 bits per heavy atom. The van der Waals surface area contributed by atoms with Gasteiger partial charge in [-0.15, -0.1) is 0 Å². The van der Waals surface area contributed by atoms with E-state index in [1.54, 1.807) is 24.0 Å². The summed E-state index contributed by atoms with van der Waals surface area (Å²) in [6.45, 7) is 7.78. The van der Waals surface area contributed by atoms with E-state index in [0.717, 1.165) is 16.7 Å². The van der Waals surface area contributed by atoms with Crippen molar-refractivity contribution in [3.63, 3.8) is 0 Å². The van der Waals surface area contributed by atoms with Gasteiger partial charge in [0.15, 0.2) is 0 Å². The van der Waals surface area contributed by atoms with Crippen molar-refractivity contribution in [1.82, 2.24) is 10.2 Å². The van der Waals surface area contributed by atoms with Gasteiger partial charge < -0.3 is 10.2 Å². The van der Waals surface area contributed by atoms with Gasteiger partial charge >= 0.3 is 0 Å². The maximum Gasteiger partial charge on any atom is 0.242 e. The third-order valence-electron chi connectivity index (χ3n) is 4.37. The second-order valence-corrected chi connectivity index (χ2v) is 8.09. The van der Waals surface area contributed by atoms with Gasteiger partial charge in [0.2, 0.25) is 11.8 Å². The average molecular weight is 421 g/mol. The van der Waals surface area contributed by atoms with E-state index in [-0.39, 0.29) is 30.8 Å². The molecule has 1 unspecified atom stereocenters. The number of rotatable bonds is 7. The molecular weight excluding hydrogens is 395 g/mol. The zero-order valence-corrected chi connectivity index (χ0v) is 18.1. The number of nitrogens with zero attached hydrogens (tertiary/aromatic N) is 1. The van der Waals surface area contributed by atoms with Gasteiger partial charge in [-0.05, 0) is 51.0 Å². The summed E-state index contributed by atoms with van der Waals surface area (Å²) < 4.78 is 0. The lowest BCUT2D eigenvalue weighted by molar-refractivity contribution is -0.140. The van der Waals surface area contributed by atoms with Crippen LogP contribution in [-0.2, 0) is 22.6 Å². The predicted octanol–water partition coefficient (Wildman–Crippen LogP) is 4.79. The highest BCUT2D eigenvalue weighted by Crippen LogP contribution is 2.24. The van der Waals surface area contributed by atoms with E-state index in [2.05, 4.69) is 5.32 Å². The van der Waals surface area contributed by atoms with Gasteiger partial charge in [-0.2, -0.15) is 0 Å². The zero-order valence-electron chi connectivity index (χ0n) is 16.6. The minimum atomic E-state index is -0.617. The summed E-state index contributed by atoms with van der Waals surface area (Å²) in [6.07, 6.45) is 0.225. The van der Waals surface area contributed by atoms with Gasteiger partial charge in [0, 0.05) is 12.6 Å². The second kappa shape index (κ2) is 9.94. The maximum atomic E-state index is 13.1. The van der Waals surface area contributed by atoms with Gasteiger partial charge in [-0.25, -0.2) is 0 Å². The molecule has 6 heteroatoms. The van der Waals surface area contributed by atoms with Gasteiger partial charge in [-0.3, -0.25) is 9.59 Å². The summed E-state index contributed by atoms with van der Waals surface area (Å²) in [5.74, 6) is -0.310. The lowest BCUT2D eigenvalue weighted by Gasteiger charge is -2.29. The Labute approximate surface area is 176 Å². The molecule has 2 amide bonds. The molecule has 28 heavy (non-hydrogen) atoms. The van der Waals surface area contributed by atoms with E-state index in [1.165, 1.54) is 0 Å². The summed E-state index contributed by atoms with van der Waals surface area (Å²) in [5, 5.41) is 3.75. The first-order valence-electron chi connectivity index (χ1n) is 9.26. The number of carbonyl (C=O) groups excluding carboxylic acids is 2. The zero-order chi connectivity index (χ0) is 20.8. The van der Waals surface area contributed by atoms with Crippen LogP contribution in [-0.4, -0.2) is 28.8 Å². The number of aryl methyl sites for hydroxylation is 1. The fraction of sp³-hybridized carbons (Fsp3) is 0.364. The van der Waals surface area contributed by atoms with Crippen molar-refractivity contribution in [3.8, 4) is 0 Å².